The molecule has 3 aromatic carbocycles. The Hall–Kier alpha value is -3.75. The van der Waals surface area contributed by atoms with E-state index >= 15 is 0 Å². The van der Waals surface area contributed by atoms with Crippen molar-refractivity contribution in [2.75, 3.05) is 18.6 Å². The average molecular weight is 467 g/mol. The van der Waals surface area contributed by atoms with Gasteiger partial charge in [-0.25, -0.2) is 0 Å². The van der Waals surface area contributed by atoms with Crippen LogP contribution in [-0.2, 0) is 4.79 Å². The molecular weight excluding hydrogens is 444 g/mol. The number of carbonyl (C=O) groups excluding carboxylic acids is 1. The van der Waals surface area contributed by atoms with Gasteiger partial charge in [-0.05, 0) is 18.2 Å². The summed E-state index contributed by atoms with van der Waals surface area (Å²) < 4.78 is 5.71. The predicted octanol–water partition coefficient (Wildman–Crippen LogP) is 3.95. The summed E-state index contributed by atoms with van der Waals surface area (Å²) >= 11 is 0. The monoisotopic (exact) mass is 466 g/mol. The summed E-state index contributed by atoms with van der Waals surface area (Å²) in [5.41, 5.74) is 8.05. The number of fused-ring (bicyclic) bond motifs is 1. The molecule has 0 spiro atoms. The zero-order valence-electron chi connectivity index (χ0n) is 17.9. The number of nitro groups is 1. The summed E-state index contributed by atoms with van der Waals surface area (Å²) in [5.74, 6) is 0.104. The van der Waals surface area contributed by atoms with Crippen LogP contribution in [0.5, 0.6) is 5.75 Å². The number of aliphatic imine (C=N–C) groups is 1. The van der Waals surface area contributed by atoms with E-state index in [0.717, 1.165) is 16.8 Å². The van der Waals surface area contributed by atoms with Crippen LogP contribution in [0.4, 0.5) is 11.4 Å². The molecule has 170 valence electrons. The third kappa shape index (κ3) is 4.87. The van der Waals surface area contributed by atoms with Crippen molar-refractivity contribution >= 4 is 35.4 Å². The van der Waals surface area contributed by atoms with Crippen LogP contribution in [0.1, 0.15) is 17.5 Å². The maximum absolute atomic E-state index is 13.3. The van der Waals surface area contributed by atoms with Gasteiger partial charge in [-0.1, -0.05) is 48.5 Å². The fourth-order valence-electron chi connectivity index (χ4n) is 3.64. The molecule has 1 atom stereocenters. The molecule has 1 aliphatic heterocycles. The molecule has 0 radical (unpaired) electrons. The zero-order chi connectivity index (χ0) is 22.7. The van der Waals surface area contributed by atoms with Crippen LogP contribution in [-0.4, -0.2) is 35.9 Å². The van der Waals surface area contributed by atoms with E-state index in [1.807, 2.05) is 54.6 Å². The number of amides is 1. The minimum atomic E-state index is -1.54. The van der Waals surface area contributed by atoms with Crippen molar-refractivity contribution in [1.82, 2.24) is 0 Å². The molecule has 0 aromatic heterocycles. The summed E-state index contributed by atoms with van der Waals surface area (Å²) in [5, 5.41) is 10.8. The number of benzene rings is 3. The van der Waals surface area contributed by atoms with E-state index < -0.39 is 10.6 Å². The van der Waals surface area contributed by atoms with E-state index in [4.69, 9.17) is 15.5 Å². The average Bonchev–Trinajstić information content (AvgIpc) is 2.90. The van der Waals surface area contributed by atoms with Crippen LogP contribution in [0, 0.1) is 10.1 Å². The lowest BCUT2D eigenvalue weighted by atomic mass is 10.00. The summed E-state index contributed by atoms with van der Waals surface area (Å²) in [6, 6.07) is 22.9. The van der Waals surface area contributed by atoms with E-state index in [2.05, 4.69) is 0 Å². The molecule has 0 bridgehead atoms. The third-order valence-corrected chi connectivity index (χ3v) is 5.35. The Labute approximate surface area is 197 Å². The molecule has 0 aliphatic carbocycles. The Balaban J connectivity index is 0.00000306. The lowest BCUT2D eigenvalue weighted by Crippen LogP contribution is -2.53. The van der Waals surface area contributed by atoms with Crippen LogP contribution in [0.25, 0.3) is 0 Å². The van der Waals surface area contributed by atoms with Crippen LogP contribution in [0.3, 0.4) is 0 Å². The number of rotatable bonds is 6. The van der Waals surface area contributed by atoms with Gasteiger partial charge in [0.05, 0.1) is 22.9 Å². The summed E-state index contributed by atoms with van der Waals surface area (Å²) in [7, 11) is 1.68. The van der Waals surface area contributed by atoms with Crippen LogP contribution < -0.4 is 15.4 Å². The molecule has 1 amide bonds. The van der Waals surface area contributed by atoms with Crippen molar-refractivity contribution in [3.8, 4) is 5.75 Å². The lowest BCUT2D eigenvalue weighted by molar-refractivity contribution is -0.384. The normalized spacial score (nSPS) is 17.3. The second-order valence-electron chi connectivity index (χ2n) is 7.48. The lowest BCUT2D eigenvalue weighted by Gasteiger charge is -2.27. The van der Waals surface area contributed by atoms with Crippen molar-refractivity contribution in [3.63, 3.8) is 0 Å². The number of benzodiazepines with no additional fused rings is 1. The van der Waals surface area contributed by atoms with Crippen molar-refractivity contribution in [2.45, 2.75) is 12.1 Å². The fraction of sp³-hybridized carbons (Fsp3) is 0.167. The maximum Gasteiger partial charge on any atom is 0.269 e. The number of non-ortho nitro benzene ring substituents is 1. The molecule has 3 aromatic rings. The molecule has 2 N–H and O–H groups in total. The SMILES string of the molecule is CN1C(=O)C(N)(CCOc2ccc([N+](=O)[O-])cc2)N=C(c2ccccc2)c2ccccc21.Cl. The quantitative estimate of drug-likeness (QED) is 0.436. The Kier molecular flexibility index (Phi) is 7.10. The fourth-order valence-corrected chi connectivity index (χ4v) is 3.64. The predicted molar refractivity (Wildman–Crippen MR) is 129 cm³/mol. The molecule has 1 unspecified atom stereocenters. The topological polar surface area (TPSA) is 111 Å². The molecule has 4 rings (SSSR count). The smallest absolute Gasteiger partial charge is 0.269 e. The van der Waals surface area contributed by atoms with E-state index in [-0.39, 0.29) is 37.0 Å². The first-order valence-corrected chi connectivity index (χ1v) is 10.1. The zero-order valence-corrected chi connectivity index (χ0v) is 18.7. The molecule has 1 aliphatic rings. The summed E-state index contributed by atoms with van der Waals surface area (Å²) in [6.45, 7) is 0.107. The minimum Gasteiger partial charge on any atom is -0.493 e. The number of nitrogens with two attached hydrogens (primary N) is 1. The second-order valence-corrected chi connectivity index (χ2v) is 7.48. The van der Waals surface area contributed by atoms with Gasteiger partial charge >= 0.3 is 0 Å². The van der Waals surface area contributed by atoms with Gasteiger partial charge in [-0.15, -0.1) is 12.4 Å². The van der Waals surface area contributed by atoms with Gasteiger partial charge in [0.2, 0.25) is 0 Å². The number of halogens is 1. The Morgan fingerprint density at radius 1 is 1.03 bits per heavy atom. The number of nitrogens with zero attached hydrogens (tertiary/aromatic N) is 3. The first kappa shape index (κ1) is 23.9. The molecule has 0 saturated heterocycles. The molecule has 1 heterocycles. The number of ether oxygens (including phenoxy) is 1. The molecule has 8 nitrogen and oxygen atoms in total. The van der Waals surface area contributed by atoms with Gasteiger partial charge in [0, 0.05) is 36.7 Å². The highest BCUT2D eigenvalue weighted by molar-refractivity contribution is 6.20. The molecule has 0 fully saturated rings. The van der Waals surface area contributed by atoms with Crippen molar-refractivity contribution in [1.29, 1.82) is 0 Å². The van der Waals surface area contributed by atoms with Gasteiger partial charge < -0.3 is 9.64 Å². The van der Waals surface area contributed by atoms with Crippen LogP contribution in [0.15, 0.2) is 83.9 Å². The van der Waals surface area contributed by atoms with Crippen LogP contribution in [0.2, 0.25) is 0 Å². The molecule has 9 heteroatoms. The van der Waals surface area contributed by atoms with Crippen molar-refractivity contribution in [2.24, 2.45) is 10.7 Å². The van der Waals surface area contributed by atoms with Gasteiger partial charge in [-0.2, -0.15) is 0 Å². The van der Waals surface area contributed by atoms with Gasteiger partial charge in [0.25, 0.3) is 11.6 Å². The highest BCUT2D eigenvalue weighted by Crippen LogP contribution is 2.31. The van der Waals surface area contributed by atoms with E-state index in [0.29, 0.717) is 11.5 Å². The van der Waals surface area contributed by atoms with Gasteiger partial charge in [0.15, 0.2) is 5.66 Å². The second kappa shape index (κ2) is 9.81. The minimum absolute atomic E-state index is 0. The Bertz CT molecular complexity index is 1180. The highest BCUT2D eigenvalue weighted by Gasteiger charge is 2.40. The number of para-hydroxylation sites is 1. The number of anilines is 1. The number of hydrogen-bond acceptors (Lipinski definition) is 6. The number of nitro benzene ring substituents is 1. The van der Waals surface area contributed by atoms with Crippen molar-refractivity contribution < 1.29 is 14.5 Å². The third-order valence-electron chi connectivity index (χ3n) is 5.35. The van der Waals surface area contributed by atoms with E-state index in [9.17, 15) is 14.9 Å². The maximum atomic E-state index is 13.3. The molecule has 0 saturated carbocycles. The van der Waals surface area contributed by atoms with Gasteiger partial charge in [0.1, 0.15) is 5.75 Å². The standard InChI is InChI=1S/C24H22N4O4.ClH/c1-27-21-10-6-5-9-20(21)22(17-7-3-2-4-8-17)26-24(25,23(27)29)15-16-32-19-13-11-18(12-14-19)28(30)31;/h2-14H,15-16,25H2,1H3;1H. The highest BCUT2D eigenvalue weighted by atomic mass is 35.5. The number of carbonyl (C=O) groups is 1. The largest absolute Gasteiger partial charge is 0.493 e. The molecule has 33 heavy (non-hydrogen) atoms. The summed E-state index contributed by atoms with van der Waals surface area (Å²) in [4.78, 5) is 29.9. The van der Waals surface area contributed by atoms with Gasteiger partial charge in [-0.3, -0.25) is 25.6 Å². The first-order chi connectivity index (χ1) is 15.4. The van der Waals surface area contributed by atoms with Crippen molar-refractivity contribution in [3.05, 3.63) is 100 Å². The Morgan fingerprint density at radius 3 is 2.33 bits per heavy atom. The van der Waals surface area contributed by atoms with E-state index in [1.165, 1.54) is 29.2 Å². The number of likely N-dealkylation sites (N-methyl/N-ethyl adjacent to an activating group) is 1. The first-order valence-electron chi connectivity index (χ1n) is 10.1. The molecular formula is C24H23ClN4O4. The number of hydrogen-bond donors (Lipinski definition) is 1. The van der Waals surface area contributed by atoms with E-state index in [1.54, 1.807) is 7.05 Å². The van der Waals surface area contributed by atoms with Crippen LogP contribution >= 0.6 is 12.4 Å². The Morgan fingerprint density at radius 2 is 1.67 bits per heavy atom. The summed E-state index contributed by atoms with van der Waals surface area (Å²) in [6.07, 6.45) is 0.123.